The topological polar surface area (TPSA) is 95.1 Å². The summed E-state index contributed by atoms with van der Waals surface area (Å²) in [4.78, 5) is 8.90. The van der Waals surface area contributed by atoms with E-state index in [1.54, 1.807) is 10.7 Å². The van der Waals surface area contributed by atoms with Crippen LogP contribution in [0.5, 0.6) is 0 Å². The number of rotatable bonds is 3. The summed E-state index contributed by atoms with van der Waals surface area (Å²) < 4.78 is 1.70. The van der Waals surface area contributed by atoms with Crippen molar-refractivity contribution in [3.05, 3.63) is 66.6 Å². The normalized spacial score (nSPS) is 11.0. The first kappa shape index (κ1) is 14.3. The van der Waals surface area contributed by atoms with Crippen LogP contribution in [0.2, 0.25) is 0 Å². The fourth-order valence-electron chi connectivity index (χ4n) is 2.69. The molecular weight excluding hydrogens is 300 g/mol. The molecule has 0 aliphatic rings. The molecule has 1 aromatic carbocycles. The zero-order valence-corrected chi connectivity index (χ0v) is 12.9. The highest BCUT2D eigenvalue weighted by Crippen LogP contribution is 2.28. The van der Waals surface area contributed by atoms with Crippen molar-refractivity contribution in [2.24, 2.45) is 5.73 Å². The minimum atomic E-state index is 0.414. The number of hydrogen-bond acceptors (Lipinski definition) is 5. The summed E-state index contributed by atoms with van der Waals surface area (Å²) in [6, 6.07) is 13.7. The monoisotopic (exact) mass is 316 g/mol. The van der Waals surface area contributed by atoms with Crippen molar-refractivity contribution >= 4 is 11.5 Å². The Labute approximate surface area is 138 Å². The summed E-state index contributed by atoms with van der Waals surface area (Å²) in [6.45, 7) is 0.528. The van der Waals surface area contributed by atoms with Crippen LogP contribution in [0.3, 0.4) is 0 Å². The molecule has 4 aromatic rings. The Morgan fingerprint density at radius 1 is 0.958 bits per heavy atom. The van der Waals surface area contributed by atoms with Gasteiger partial charge in [-0.05, 0) is 23.3 Å². The highest BCUT2D eigenvalue weighted by atomic mass is 15.3. The van der Waals surface area contributed by atoms with Crippen LogP contribution in [0.25, 0.3) is 28.0 Å². The van der Waals surface area contributed by atoms with Crippen LogP contribution in [0.15, 0.2) is 61.1 Å². The van der Waals surface area contributed by atoms with E-state index in [1.165, 1.54) is 0 Å². The molecule has 3 heterocycles. The van der Waals surface area contributed by atoms with Gasteiger partial charge in [0.2, 0.25) is 0 Å². The average molecular weight is 316 g/mol. The maximum absolute atomic E-state index is 6.09. The second-order valence-corrected chi connectivity index (χ2v) is 5.49. The molecule has 0 atom stereocenters. The first-order chi connectivity index (χ1) is 11.8. The summed E-state index contributed by atoms with van der Waals surface area (Å²) in [7, 11) is 0. The lowest BCUT2D eigenvalue weighted by Gasteiger charge is -2.04. The van der Waals surface area contributed by atoms with Gasteiger partial charge in [-0.25, -0.2) is 9.50 Å². The fourth-order valence-corrected chi connectivity index (χ4v) is 2.69. The molecule has 0 fully saturated rings. The molecule has 0 radical (unpaired) electrons. The first-order valence-corrected chi connectivity index (χ1v) is 7.61. The molecule has 0 aliphatic heterocycles. The van der Waals surface area contributed by atoms with E-state index in [1.807, 2.05) is 54.9 Å². The van der Waals surface area contributed by atoms with Gasteiger partial charge < -0.3 is 11.5 Å². The maximum Gasteiger partial charge on any atom is 0.166 e. The molecule has 6 nitrogen and oxygen atoms in total. The summed E-state index contributed by atoms with van der Waals surface area (Å²) >= 11 is 0. The molecule has 0 amide bonds. The van der Waals surface area contributed by atoms with Crippen LogP contribution in [-0.4, -0.2) is 19.6 Å². The van der Waals surface area contributed by atoms with E-state index in [0.29, 0.717) is 18.0 Å². The Hall–Kier alpha value is -3.25. The third-order valence-electron chi connectivity index (χ3n) is 3.94. The number of aromatic nitrogens is 4. The van der Waals surface area contributed by atoms with E-state index < -0.39 is 0 Å². The SMILES string of the molecule is NCc1ccc(-c2cnc3c(-c4ccccn4)c(N)nn3c2)cc1. The number of anilines is 1. The van der Waals surface area contributed by atoms with Gasteiger partial charge in [0.1, 0.15) is 0 Å². The van der Waals surface area contributed by atoms with Crippen molar-refractivity contribution in [2.45, 2.75) is 6.54 Å². The Bertz CT molecular complexity index is 989. The smallest absolute Gasteiger partial charge is 0.166 e. The Balaban J connectivity index is 1.82. The maximum atomic E-state index is 6.09. The molecule has 0 saturated heterocycles. The minimum Gasteiger partial charge on any atom is -0.382 e. The number of benzene rings is 1. The summed E-state index contributed by atoms with van der Waals surface area (Å²) in [6.07, 6.45) is 5.47. The number of nitrogen functional groups attached to an aromatic ring is 1. The van der Waals surface area contributed by atoms with Crippen molar-refractivity contribution in [3.63, 3.8) is 0 Å². The van der Waals surface area contributed by atoms with Gasteiger partial charge in [-0.1, -0.05) is 30.3 Å². The molecule has 118 valence electrons. The molecule has 0 saturated carbocycles. The van der Waals surface area contributed by atoms with E-state index >= 15 is 0 Å². The van der Waals surface area contributed by atoms with Gasteiger partial charge >= 0.3 is 0 Å². The van der Waals surface area contributed by atoms with E-state index in [9.17, 15) is 0 Å². The summed E-state index contributed by atoms with van der Waals surface area (Å²) in [5.74, 6) is 0.414. The quantitative estimate of drug-likeness (QED) is 0.605. The number of nitrogens with two attached hydrogens (primary N) is 2. The van der Waals surface area contributed by atoms with E-state index in [-0.39, 0.29) is 0 Å². The number of nitrogens with zero attached hydrogens (tertiary/aromatic N) is 4. The predicted molar refractivity (Wildman–Crippen MR) is 94.0 cm³/mol. The second kappa shape index (κ2) is 5.75. The van der Waals surface area contributed by atoms with Crippen molar-refractivity contribution in [2.75, 3.05) is 5.73 Å². The first-order valence-electron chi connectivity index (χ1n) is 7.61. The highest BCUT2D eigenvalue weighted by molar-refractivity contribution is 5.84. The largest absolute Gasteiger partial charge is 0.382 e. The third-order valence-corrected chi connectivity index (χ3v) is 3.94. The lowest BCUT2D eigenvalue weighted by atomic mass is 10.1. The van der Waals surface area contributed by atoms with Gasteiger partial charge in [-0.2, -0.15) is 0 Å². The summed E-state index contributed by atoms with van der Waals surface area (Å²) in [5, 5.41) is 4.38. The molecule has 0 unspecified atom stereocenters. The van der Waals surface area contributed by atoms with Gasteiger partial charge in [-0.15, -0.1) is 5.10 Å². The Morgan fingerprint density at radius 2 is 1.79 bits per heavy atom. The predicted octanol–water partition coefficient (Wildman–Crippen LogP) is 2.50. The van der Waals surface area contributed by atoms with Crippen molar-refractivity contribution < 1.29 is 0 Å². The molecular formula is C18H16N6. The Kier molecular flexibility index (Phi) is 3.44. The number of hydrogen-bond donors (Lipinski definition) is 2. The van der Waals surface area contributed by atoms with Crippen molar-refractivity contribution in [3.8, 4) is 22.4 Å². The molecule has 24 heavy (non-hydrogen) atoms. The van der Waals surface area contributed by atoms with Crippen molar-refractivity contribution in [1.29, 1.82) is 0 Å². The lowest BCUT2D eigenvalue weighted by molar-refractivity contribution is 0.947. The van der Waals surface area contributed by atoms with Gasteiger partial charge in [0, 0.05) is 30.7 Å². The van der Waals surface area contributed by atoms with Crippen LogP contribution in [-0.2, 0) is 6.54 Å². The van der Waals surface area contributed by atoms with Gasteiger partial charge in [-0.3, -0.25) is 4.98 Å². The number of pyridine rings is 1. The van der Waals surface area contributed by atoms with Crippen molar-refractivity contribution in [1.82, 2.24) is 19.6 Å². The Morgan fingerprint density at radius 3 is 2.50 bits per heavy atom. The molecule has 0 bridgehead atoms. The highest BCUT2D eigenvalue weighted by Gasteiger charge is 2.15. The molecule has 3 aromatic heterocycles. The van der Waals surface area contributed by atoms with E-state index in [2.05, 4.69) is 15.1 Å². The van der Waals surface area contributed by atoms with Crippen LogP contribution < -0.4 is 11.5 Å². The standard InChI is InChI=1S/C18H16N6/c19-9-12-4-6-13(7-5-12)14-10-22-18-16(15-3-1-2-8-21-15)17(20)23-24(18)11-14/h1-8,10-11H,9,19H2,(H2,20,23). The van der Waals surface area contributed by atoms with Crippen LogP contribution in [0, 0.1) is 0 Å². The molecule has 4 rings (SSSR count). The third kappa shape index (κ3) is 2.39. The molecule has 6 heteroatoms. The minimum absolute atomic E-state index is 0.414. The zero-order valence-electron chi connectivity index (χ0n) is 12.9. The fraction of sp³-hybridized carbons (Fsp3) is 0.0556. The van der Waals surface area contributed by atoms with Gasteiger partial charge in [0.05, 0.1) is 11.3 Å². The molecule has 4 N–H and O–H groups in total. The lowest BCUT2D eigenvalue weighted by Crippen LogP contribution is -1.96. The zero-order chi connectivity index (χ0) is 16.5. The molecule has 0 aliphatic carbocycles. The van der Waals surface area contributed by atoms with Gasteiger partial charge in [0.25, 0.3) is 0 Å². The van der Waals surface area contributed by atoms with Gasteiger partial charge in [0.15, 0.2) is 11.5 Å². The van der Waals surface area contributed by atoms with Crippen LogP contribution >= 0.6 is 0 Å². The molecule has 0 spiro atoms. The summed E-state index contributed by atoms with van der Waals surface area (Å²) in [5.41, 5.74) is 17.0. The average Bonchev–Trinajstić information content (AvgIpc) is 2.97. The number of fused-ring (bicyclic) bond motifs is 1. The van der Waals surface area contributed by atoms with Crippen LogP contribution in [0.4, 0.5) is 5.82 Å². The van der Waals surface area contributed by atoms with E-state index in [4.69, 9.17) is 11.5 Å². The van der Waals surface area contributed by atoms with E-state index in [0.717, 1.165) is 27.9 Å². The van der Waals surface area contributed by atoms with Crippen LogP contribution in [0.1, 0.15) is 5.56 Å². The second-order valence-electron chi connectivity index (χ2n) is 5.49.